The lowest BCUT2D eigenvalue weighted by Crippen LogP contribution is -2.55. The van der Waals surface area contributed by atoms with E-state index in [1.54, 1.807) is 23.9 Å². The molecule has 2 heterocycles. The van der Waals surface area contributed by atoms with Crippen molar-refractivity contribution in [3.05, 3.63) is 89.2 Å². The number of amides is 4. The van der Waals surface area contributed by atoms with Gasteiger partial charge < -0.3 is 20.9 Å². The molecule has 0 bridgehead atoms. The van der Waals surface area contributed by atoms with Crippen molar-refractivity contribution in [2.75, 3.05) is 26.2 Å². The standard InChI is InChI=1S/C39H53N7O4/c1-3-35(47)42-33(39(50)45-24-22-44(23-25-45)28-31-12-8-7-9-13-31)26-29-16-18-30(19-17-29)27-40-38(49)36(32-14-10-5-6-11-15-32)43-37(48)34-20-21-41-46(34)4-2/h7-9,12-13,16-21,32-33,36H,3-6,10-11,14-15,22-28H2,1-2H3,(H,40,49)(H,42,47)(H,43,48)/t33-,36?/m1/s1. The van der Waals surface area contributed by atoms with Crippen molar-refractivity contribution in [1.82, 2.24) is 35.5 Å². The van der Waals surface area contributed by atoms with Crippen LogP contribution in [0.1, 0.15) is 86.0 Å². The number of nitrogens with zero attached hydrogens (tertiary/aromatic N) is 4. The van der Waals surface area contributed by atoms with E-state index >= 15 is 0 Å². The maximum Gasteiger partial charge on any atom is 0.270 e. The fraction of sp³-hybridized carbons (Fsp3) is 0.513. The maximum atomic E-state index is 13.7. The van der Waals surface area contributed by atoms with E-state index in [0.29, 0.717) is 44.7 Å². The molecule has 2 fully saturated rings. The molecule has 4 amide bonds. The quantitative estimate of drug-likeness (QED) is 0.220. The molecular formula is C39H53N7O4. The fourth-order valence-corrected chi connectivity index (χ4v) is 7.05. The molecule has 3 N–H and O–H groups in total. The molecule has 3 aromatic rings. The van der Waals surface area contributed by atoms with Crippen molar-refractivity contribution in [2.45, 2.75) is 96.9 Å². The molecule has 11 heteroatoms. The molecule has 0 spiro atoms. The number of benzene rings is 2. The van der Waals surface area contributed by atoms with Gasteiger partial charge in [0.1, 0.15) is 17.8 Å². The van der Waals surface area contributed by atoms with Crippen molar-refractivity contribution < 1.29 is 19.2 Å². The van der Waals surface area contributed by atoms with Crippen LogP contribution in [0.3, 0.4) is 0 Å². The van der Waals surface area contributed by atoms with E-state index in [0.717, 1.165) is 69.3 Å². The third kappa shape index (κ3) is 10.3. The van der Waals surface area contributed by atoms with Crippen molar-refractivity contribution >= 4 is 23.6 Å². The second-order valence-corrected chi connectivity index (χ2v) is 13.5. The second-order valence-electron chi connectivity index (χ2n) is 13.5. The summed E-state index contributed by atoms with van der Waals surface area (Å²) < 4.78 is 1.64. The minimum absolute atomic E-state index is 0.0592. The highest BCUT2D eigenvalue weighted by Gasteiger charge is 2.32. The summed E-state index contributed by atoms with van der Waals surface area (Å²) in [6, 6.07) is 18.5. The zero-order chi connectivity index (χ0) is 35.3. The SMILES string of the molecule is CCC(=O)N[C@H](Cc1ccc(CNC(=O)C(NC(=O)c2ccnn2CC)C2CCCCCC2)cc1)C(=O)N1CCN(Cc2ccccc2)CC1. The average Bonchev–Trinajstić information content (AvgIpc) is 3.48. The van der Waals surface area contributed by atoms with Gasteiger partial charge in [-0.25, -0.2) is 0 Å². The molecule has 2 atom stereocenters. The summed E-state index contributed by atoms with van der Waals surface area (Å²) >= 11 is 0. The Morgan fingerprint density at radius 1 is 0.800 bits per heavy atom. The number of hydrogen-bond donors (Lipinski definition) is 3. The lowest BCUT2D eigenvalue weighted by atomic mass is 9.91. The van der Waals surface area contributed by atoms with E-state index in [2.05, 4.69) is 38.1 Å². The molecule has 11 nitrogen and oxygen atoms in total. The van der Waals surface area contributed by atoms with Gasteiger partial charge in [0.25, 0.3) is 5.91 Å². The highest BCUT2D eigenvalue weighted by molar-refractivity contribution is 5.96. The first-order valence-electron chi connectivity index (χ1n) is 18.4. The van der Waals surface area contributed by atoms with Gasteiger partial charge in [-0.1, -0.05) is 87.2 Å². The smallest absolute Gasteiger partial charge is 0.270 e. The van der Waals surface area contributed by atoms with E-state index in [9.17, 15) is 19.2 Å². The summed E-state index contributed by atoms with van der Waals surface area (Å²) in [4.78, 5) is 57.2. The summed E-state index contributed by atoms with van der Waals surface area (Å²) in [7, 11) is 0. The van der Waals surface area contributed by atoms with Gasteiger partial charge in [-0.2, -0.15) is 5.10 Å². The normalized spacial score (nSPS) is 17.0. The first kappa shape index (κ1) is 36.8. The molecule has 1 aliphatic carbocycles. The lowest BCUT2D eigenvalue weighted by molar-refractivity contribution is -0.138. The minimum Gasteiger partial charge on any atom is -0.350 e. The number of nitrogens with one attached hydrogen (secondary N) is 3. The predicted molar refractivity (Wildman–Crippen MR) is 193 cm³/mol. The Morgan fingerprint density at radius 3 is 2.14 bits per heavy atom. The van der Waals surface area contributed by atoms with Crippen LogP contribution in [0.5, 0.6) is 0 Å². The lowest BCUT2D eigenvalue weighted by Gasteiger charge is -2.36. The minimum atomic E-state index is -0.651. The van der Waals surface area contributed by atoms with Crippen LogP contribution in [0.25, 0.3) is 0 Å². The summed E-state index contributed by atoms with van der Waals surface area (Å²) in [5, 5.41) is 13.3. The molecule has 2 aliphatic rings. The molecule has 1 aromatic heterocycles. The van der Waals surface area contributed by atoms with Crippen LogP contribution in [0.15, 0.2) is 66.9 Å². The van der Waals surface area contributed by atoms with Crippen molar-refractivity contribution in [3.8, 4) is 0 Å². The zero-order valence-electron chi connectivity index (χ0n) is 29.6. The van der Waals surface area contributed by atoms with Crippen LogP contribution < -0.4 is 16.0 Å². The first-order valence-corrected chi connectivity index (χ1v) is 18.4. The molecule has 5 rings (SSSR count). The highest BCUT2D eigenvalue weighted by atomic mass is 16.2. The Balaban J connectivity index is 1.18. The van der Waals surface area contributed by atoms with Crippen LogP contribution in [-0.2, 0) is 40.4 Å². The molecule has 0 radical (unpaired) electrons. The van der Waals surface area contributed by atoms with Gasteiger partial charge in [-0.15, -0.1) is 0 Å². The van der Waals surface area contributed by atoms with E-state index in [1.807, 2.05) is 54.3 Å². The Morgan fingerprint density at radius 2 is 1.48 bits per heavy atom. The average molecular weight is 684 g/mol. The maximum absolute atomic E-state index is 13.7. The van der Waals surface area contributed by atoms with Crippen LogP contribution in [0, 0.1) is 5.92 Å². The predicted octanol–water partition coefficient (Wildman–Crippen LogP) is 4.07. The van der Waals surface area contributed by atoms with Gasteiger partial charge in [-0.3, -0.25) is 28.8 Å². The summed E-state index contributed by atoms with van der Waals surface area (Å²) in [5.41, 5.74) is 3.54. The van der Waals surface area contributed by atoms with E-state index in [1.165, 1.54) is 5.56 Å². The molecule has 268 valence electrons. The van der Waals surface area contributed by atoms with Gasteiger partial charge in [0.2, 0.25) is 17.7 Å². The second kappa shape index (κ2) is 18.5. The number of piperazine rings is 1. The summed E-state index contributed by atoms with van der Waals surface area (Å²) in [6.07, 6.45) is 8.48. The molecular weight excluding hydrogens is 630 g/mol. The van der Waals surface area contributed by atoms with Crippen LogP contribution in [0.4, 0.5) is 0 Å². The number of carbonyl (C=O) groups excluding carboxylic acids is 4. The van der Waals surface area contributed by atoms with E-state index in [4.69, 9.17) is 0 Å². The monoisotopic (exact) mass is 683 g/mol. The van der Waals surface area contributed by atoms with Gasteiger partial charge in [-0.05, 0) is 48.4 Å². The number of hydrogen-bond acceptors (Lipinski definition) is 6. The number of rotatable bonds is 14. The van der Waals surface area contributed by atoms with Gasteiger partial charge in [0, 0.05) is 64.9 Å². The Labute approximate surface area is 296 Å². The summed E-state index contributed by atoms with van der Waals surface area (Å²) in [6.45, 7) is 8.25. The molecule has 1 saturated carbocycles. The summed E-state index contributed by atoms with van der Waals surface area (Å²) in [5.74, 6) is -0.613. The van der Waals surface area contributed by atoms with Crippen LogP contribution in [-0.4, -0.2) is 81.5 Å². The highest BCUT2D eigenvalue weighted by Crippen LogP contribution is 2.26. The van der Waals surface area contributed by atoms with Crippen molar-refractivity contribution in [3.63, 3.8) is 0 Å². The molecule has 2 aromatic carbocycles. The fourth-order valence-electron chi connectivity index (χ4n) is 7.05. The number of carbonyl (C=O) groups is 4. The third-order valence-electron chi connectivity index (χ3n) is 10.0. The third-order valence-corrected chi connectivity index (χ3v) is 10.0. The number of aromatic nitrogens is 2. The number of aryl methyl sites for hydroxylation is 1. The molecule has 1 unspecified atom stereocenters. The van der Waals surface area contributed by atoms with Gasteiger partial charge >= 0.3 is 0 Å². The largest absolute Gasteiger partial charge is 0.350 e. The Hall–Kier alpha value is -4.51. The van der Waals surface area contributed by atoms with Crippen LogP contribution in [0.2, 0.25) is 0 Å². The van der Waals surface area contributed by atoms with E-state index in [-0.39, 0.29) is 29.5 Å². The van der Waals surface area contributed by atoms with E-state index < -0.39 is 12.1 Å². The molecule has 1 saturated heterocycles. The van der Waals surface area contributed by atoms with Crippen molar-refractivity contribution in [2.24, 2.45) is 5.92 Å². The first-order chi connectivity index (χ1) is 24.3. The topological polar surface area (TPSA) is 129 Å². The Kier molecular flexibility index (Phi) is 13.6. The van der Waals surface area contributed by atoms with Gasteiger partial charge in [0.15, 0.2) is 0 Å². The van der Waals surface area contributed by atoms with Gasteiger partial charge in [0.05, 0.1) is 0 Å². The van der Waals surface area contributed by atoms with Crippen LogP contribution >= 0.6 is 0 Å². The zero-order valence-corrected chi connectivity index (χ0v) is 29.6. The molecule has 50 heavy (non-hydrogen) atoms. The Bertz CT molecular complexity index is 1540. The molecule has 1 aliphatic heterocycles. The van der Waals surface area contributed by atoms with Crippen molar-refractivity contribution in [1.29, 1.82) is 0 Å².